The number of nitrogens with one attached hydrogen (secondary N) is 2. The molecule has 120 valence electrons. The Morgan fingerprint density at radius 2 is 2.00 bits per heavy atom. The number of carbonyl (C=O) groups is 1. The molecule has 0 spiro atoms. The Morgan fingerprint density at radius 1 is 1.35 bits per heavy atom. The molecule has 0 aromatic rings. The molecule has 4 N–H and O–H groups in total. The fraction of sp³-hybridized carbons (Fsp3) is 0.917. The van der Waals surface area contributed by atoms with Crippen molar-refractivity contribution in [2.45, 2.75) is 39.2 Å². The van der Waals surface area contributed by atoms with Crippen molar-refractivity contribution in [3.8, 4) is 0 Å². The molecular weight excluding hydrogens is 302 g/mol. The highest BCUT2D eigenvalue weighted by atomic mass is 35.5. The maximum atomic E-state index is 11.9. The Kier molecular flexibility index (Phi) is 8.65. The summed E-state index contributed by atoms with van der Waals surface area (Å²) in [7, 11) is -3.31. The number of carbonyl (C=O) groups excluding carboxylic acids is 1. The third kappa shape index (κ3) is 6.39. The number of hydrogen-bond acceptors (Lipinski definition) is 4. The highest BCUT2D eigenvalue weighted by Crippen LogP contribution is 2.30. The minimum atomic E-state index is -3.31. The van der Waals surface area contributed by atoms with Crippen LogP contribution in [0.2, 0.25) is 0 Å². The van der Waals surface area contributed by atoms with Gasteiger partial charge in [-0.3, -0.25) is 4.79 Å². The number of amides is 1. The van der Waals surface area contributed by atoms with Gasteiger partial charge in [0.25, 0.3) is 0 Å². The molecule has 0 aliphatic heterocycles. The Labute approximate surface area is 127 Å². The normalized spacial score (nSPS) is 22.6. The van der Waals surface area contributed by atoms with Gasteiger partial charge in [-0.05, 0) is 39.2 Å². The lowest BCUT2D eigenvalue weighted by molar-refractivity contribution is -0.125. The molecule has 0 unspecified atom stereocenters. The Hall–Kier alpha value is -0.370. The second-order valence-corrected chi connectivity index (χ2v) is 7.29. The van der Waals surface area contributed by atoms with E-state index in [0.717, 1.165) is 19.3 Å². The summed E-state index contributed by atoms with van der Waals surface area (Å²) in [5.41, 5.74) is 5.63. The van der Waals surface area contributed by atoms with E-state index in [2.05, 4.69) is 10.0 Å². The topological polar surface area (TPSA) is 101 Å². The van der Waals surface area contributed by atoms with Crippen LogP contribution in [0.3, 0.4) is 0 Å². The van der Waals surface area contributed by atoms with Crippen molar-refractivity contribution in [2.24, 2.45) is 17.6 Å². The van der Waals surface area contributed by atoms with Crippen LogP contribution >= 0.6 is 12.4 Å². The summed E-state index contributed by atoms with van der Waals surface area (Å²) in [6.45, 7) is 4.20. The molecule has 1 saturated carbocycles. The van der Waals surface area contributed by atoms with E-state index in [1.54, 1.807) is 13.8 Å². The first-order valence-corrected chi connectivity index (χ1v) is 8.48. The fourth-order valence-electron chi connectivity index (χ4n) is 2.52. The molecule has 1 fully saturated rings. The van der Waals surface area contributed by atoms with E-state index < -0.39 is 10.0 Å². The summed E-state index contributed by atoms with van der Waals surface area (Å²) in [6, 6.07) is -0.128. The lowest BCUT2D eigenvalue weighted by atomic mass is 9.95. The first kappa shape index (κ1) is 19.6. The minimum Gasteiger partial charge on any atom is -0.355 e. The molecule has 2 atom stereocenters. The van der Waals surface area contributed by atoms with Gasteiger partial charge >= 0.3 is 0 Å². The standard InChI is InChI=1S/C12H25N3O3S.ClH/c1-9(2)15-19(17,18)7-6-14-12(16)11-5-3-4-10(11)8-13;/h9-11,15H,3-8,13H2,1-2H3,(H,14,16);1H/t10-,11-;/m1./s1. The molecule has 0 aromatic carbocycles. The third-order valence-corrected chi connectivity index (χ3v) is 4.96. The van der Waals surface area contributed by atoms with Crippen molar-refractivity contribution >= 4 is 28.3 Å². The molecule has 0 saturated heterocycles. The average Bonchev–Trinajstić information content (AvgIpc) is 2.74. The number of nitrogens with two attached hydrogens (primary N) is 1. The number of rotatable bonds is 7. The van der Waals surface area contributed by atoms with Gasteiger partial charge in [-0.1, -0.05) is 6.42 Å². The lowest BCUT2D eigenvalue weighted by Crippen LogP contribution is -2.40. The average molecular weight is 328 g/mol. The van der Waals surface area contributed by atoms with Crippen molar-refractivity contribution in [1.82, 2.24) is 10.0 Å². The Morgan fingerprint density at radius 3 is 2.55 bits per heavy atom. The van der Waals surface area contributed by atoms with Gasteiger partial charge in [0.1, 0.15) is 0 Å². The number of sulfonamides is 1. The molecule has 0 bridgehead atoms. The number of hydrogen-bond donors (Lipinski definition) is 3. The SMILES string of the molecule is CC(C)NS(=O)(=O)CCNC(=O)[C@@H]1CCC[C@@H]1CN.Cl. The molecule has 0 aromatic heterocycles. The van der Waals surface area contributed by atoms with E-state index in [4.69, 9.17) is 5.73 Å². The van der Waals surface area contributed by atoms with Crippen molar-refractivity contribution in [3.05, 3.63) is 0 Å². The second kappa shape index (κ2) is 8.81. The molecule has 0 heterocycles. The van der Waals surface area contributed by atoms with E-state index in [1.807, 2.05) is 0 Å². The highest BCUT2D eigenvalue weighted by molar-refractivity contribution is 7.89. The van der Waals surface area contributed by atoms with Crippen LogP contribution in [-0.2, 0) is 14.8 Å². The summed E-state index contributed by atoms with van der Waals surface area (Å²) < 4.78 is 25.6. The van der Waals surface area contributed by atoms with Gasteiger partial charge in [-0.25, -0.2) is 13.1 Å². The first-order valence-electron chi connectivity index (χ1n) is 6.83. The van der Waals surface area contributed by atoms with Gasteiger partial charge in [0.15, 0.2) is 0 Å². The Bertz CT molecular complexity index is 401. The van der Waals surface area contributed by atoms with Gasteiger partial charge in [0.05, 0.1) is 5.75 Å². The van der Waals surface area contributed by atoms with E-state index >= 15 is 0 Å². The summed E-state index contributed by atoms with van der Waals surface area (Å²) in [4.78, 5) is 11.9. The second-order valence-electron chi connectivity index (χ2n) is 5.42. The van der Waals surface area contributed by atoms with Crippen molar-refractivity contribution in [3.63, 3.8) is 0 Å². The molecule has 1 aliphatic carbocycles. The van der Waals surface area contributed by atoms with Crippen LogP contribution in [0.4, 0.5) is 0 Å². The van der Waals surface area contributed by atoms with E-state index in [0.29, 0.717) is 6.54 Å². The van der Waals surface area contributed by atoms with Crippen LogP contribution < -0.4 is 15.8 Å². The largest absolute Gasteiger partial charge is 0.355 e. The fourth-order valence-corrected chi connectivity index (χ4v) is 3.73. The van der Waals surface area contributed by atoms with Crippen molar-refractivity contribution < 1.29 is 13.2 Å². The molecule has 1 amide bonds. The van der Waals surface area contributed by atoms with Gasteiger partial charge in [-0.15, -0.1) is 12.4 Å². The minimum absolute atomic E-state index is 0. The van der Waals surface area contributed by atoms with Crippen LogP contribution in [0.5, 0.6) is 0 Å². The molecule has 1 aliphatic rings. The van der Waals surface area contributed by atoms with Crippen LogP contribution in [0.25, 0.3) is 0 Å². The van der Waals surface area contributed by atoms with Crippen molar-refractivity contribution in [1.29, 1.82) is 0 Å². The quantitative estimate of drug-likeness (QED) is 0.623. The maximum absolute atomic E-state index is 11.9. The molecule has 0 radical (unpaired) electrons. The maximum Gasteiger partial charge on any atom is 0.223 e. The first-order chi connectivity index (χ1) is 8.85. The van der Waals surface area contributed by atoms with Gasteiger partial charge in [-0.2, -0.15) is 0 Å². The van der Waals surface area contributed by atoms with E-state index in [-0.39, 0.29) is 48.5 Å². The molecule has 8 heteroatoms. The summed E-state index contributed by atoms with van der Waals surface area (Å²) >= 11 is 0. The zero-order valence-corrected chi connectivity index (χ0v) is 13.7. The zero-order chi connectivity index (χ0) is 14.5. The van der Waals surface area contributed by atoms with Crippen LogP contribution in [0.1, 0.15) is 33.1 Å². The molecule has 6 nitrogen and oxygen atoms in total. The molecule has 1 rings (SSSR count). The summed E-state index contributed by atoms with van der Waals surface area (Å²) in [5, 5.41) is 2.70. The van der Waals surface area contributed by atoms with E-state index in [9.17, 15) is 13.2 Å². The van der Waals surface area contributed by atoms with Crippen LogP contribution in [-0.4, -0.2) is 39.2 Å². The van der Waals surface area contributed by atoms with Gasteiger partial charge < -0.3 is 11.1 Å². The monoisotopic (exact) mass is 327 g/mol. The highest BCUT2D eigenvalue weighted by Gasteiger charge is 2.31. The lowest BCUT2D eigenvalue weighted by Gasteiger charge is -2.17. The zero-order valence-electron chi connectivity index (χ0n) is 12.1. The molecule has 20 heavy (non-hydrogen) atoms. The summed E-state index contributed by atoms with van der Waals surface area (Å²) in [6.07, 6.45) is 2.86. The van der Waals surface area contributed by atoms with Gasteiger partial charge in [0, 0.05) is 18.5 Å². The molecular formula is C12H26ClN3O3S. The summed E-state index contributed by atoms with van der Waals surface area (Å²) in [5.74, 6) is 0.0422. The smallest absolute Gasteiger partial charge is 0.223 e. The van der Waals surface area contributed by atoms with E-state index in [1.165, 1.54) is 0 Å². The van der Waals surface area contributed by atoms with Gasteiger partial charge in [0.2, 0.25) is 15.9 Å². The Balaban J connectivity index is 0.00000361. The predicted molar refractivity (Wildman–Crippen MR) is 82.2 cm³/mol. The van der Waals surface area contributed by atoms with Crippen LogP contribution in [0, 0.1) is 11.8 Å². The van der Waals surface area contributed by atoms with Crippen LogP contribution in [0.15, 0.2) is 0 Å². The van der Waals surface area contributed by atoms with Crippen molar-refractivity contribution in [2.75, 3.05) is 18.8 Å². The number of halogens is 1. The third-order valence-electron chi connectivity index (χ3n) is 3.38. The predicted octanol–water partition coefficient (Wildman–Crippen LogP) is 0.227.